The quantitative estimate of drug-likeness (QED) is 0.142. The Balaban J connectivity index is 1.15. The van der Waals surface area contributed by atoms with Gasteiger partial charge < -0.3 is 38.8 Å². The van der Waals surface area contributed by atoms with Crippen molar-refractivity contribution in [2.75, 3.05) is 47.1 Å². The molecule has 258 valence electrons. The number of carbonyl (C=O) groups is 1. The fourth-order valence-electron chi connectivity index (χ4n) is 5.96. The minimum absolute atomic E-state index is 0.0438. The van der Waals surface area contributed by atoms with Gasteiger partial charge in [-0.25, -0.2) is 8.42 Å². The largest absolute Gasteiger partial charge is 0.497 e. The number of nitrogens with one attached hydrogen (secondary N) is 2. The van der Waals surface area contributed by atoms with Crippen LogP contribution in [-0.4, -0.2) is 82.1 Å². The zero-order chi connectivity index (χ0) is 34.4. The van der Waals surface area contributed by atoms with Gasteiger partial charge in [0.25, 0.3) is 5.91 Å². The van der Waals surface area contributed by atoms with Gasteiger partial charge in [-0.05, 0) is 66.6 Å². The highest BCUT2D eigenvalue weighted by Crippen LogP contribution is 2.36. The average molecular weight is 690 g/mol. The predicted molar refractivity (Wildman–Crippen MR) is 183 cm³/mol. The number of aromatic amines is 1. The van der Waals surface area contributed by atoms with E-state index in [4.69, 9.17) is 23.4 Å². The normalized spacial score (nSPS) is 16.4. The second-order valence-corrected chi connectivity index (χ2v) is 13.5. The Hall–Kier alpha value is -4.82. The van der Waals surface area contributed by atoms with E-state index in [0.717, 1.165) is 43.1 Å². The molecule has 0 unspecified atom stereocenters. The fraction of sp³-hybridized carbons (Fsp3) is 0.306. The van der Waals surface area contributed by atoms with Crippen LogP contribution in [0.2, 0.25) is 0 Å². The number of aromatic nitrogens is 1. The number of hydrogen-bond donors (Lipinski definition) is 3. The third kappa shape index (κ3) is 7.60. The molecule has 0 fully saturated rings. The number of ether oxygens (including phenoxy) is 4. The molecule has 1 aliphatic rings. The van der Waals surface area contributed by atoms with E-state index in [1.54, 1.807) is 31.6 Å². The number of para-hydroxylation sites is 1. The van der Waals surface area contributed by atoms with Crippen LogP contribution in [0, 0.1) is 0 Å². The molecule has 13 heteroatoms. The Labute approximate surface area is 284 Å². The van der Waals surface area contributed by atoms with Crippen molar-refractivity contribution in [1.82, 2.24) is 14.6 Å². The maximum Gasteiger partial charge on any atom is 0.286 e. The number of allylic oxidation sites excluding steroid dienone is 1. The first-order chi connectivity index (χ1) is 23.8. The Kier molecular flexibility index (Phi) is 10.5. The number of carbonyl (C=O) groups excluding carboxylic acids is 1. The number of amides is 1. The molecule has 3 heterocycles. The maximum atomic E-state index is 13.5. The minimum Gasteiger partial charge on any atom is -0.497 e. The van der Waals surface area contributed by atoms with Crippen LogP contribution >= 0.6 is 0 Å². The smallest absolute Gasteiger partial charge is 0.286 e. The topological polar surface area (TPSA) is 153 Å². The first kappa shape index (κ1) is 34.1. The first-order valence-electron chi connectivity index (χ1n) is 15.9. The van der Waals surface area contributed by atoms with Gasteiger partial charge in [0, 0.05) is 60.0 Å². The van der Waals surface area contributed by atoms with Crippen LogP contribution < -0.4 is 14.8 Å². The number of aliphatic hydroxyl groups is 1. The lowest BCUT2D eigenvalue weighted by Crippen LogP contribution is -2.38. The number of hydrogen-bond acceptors (Lipinski definition) is 9. The van der Waals surface area contributed by atoms with Crippen molar-refractivity contribution in [2.24, 2.45) is 0 Å². The van der Waals surface area contributed by atoms with Gasteiger partial charge >= 0.3 is 0 Å². The number of nitrogens with zero attached hydrogens (tertiary/aromatic N) is 1. The van der Waals surface area contributed by atoms with Crippen molar-refractivity contribution in [3.8, 4) is 11.5 Å². The van der Waals surface area contributed by atoms with Crippen LogP contribution in [0.4, 0.5) is 0 Å². The summed E-state index contributed by atoms with van der Waals surface area (Å²) in [5, 5.41) is 14.5. The highest BCUT2D eigenvalue weighted by Gasteiger charge is 2.31. The monoisotopic (exact) mass is 689 g/mol. The Bertz CT molecular complexity index is 2040. The van der Waals surface area contributed by atoms with Gasteiger partial charge in [0.05, 0.1) is 38.6 Å². The lowest BCUT2D eigenvalue weighted by molar-refractivity contribution is -0.146. The number of methoxy groups -OCH3 is 2. The molecule has 0 spiro atoms. The van der Waals surface area contributed by atoms with Crippen LogP contribution in [0.1, 0.15) is 23.5 Å². The van der Waals surface area contributed by atoms with E-state index < -0.39 is 22.2 Å². The van der Waals surface area contributed by atoms with E-state index in [0.29, 0.717) is 25.1 Å². The molecule has 3 N–H and O–H groups in total. The molecule has 0 saturated carbocycles. The predicted octanol–water partition coefficient (Wildman–Crippen LogP) is 4.70. The lowest BCUT2D eigenvalue weighted by atomic mass is 9.92. The number of benzene rings is 3. The number of H-pyrrole nitrogens is 1. The van der Waals surface area contributed by atoms with Gasteiger partial charge in [-0.2, -0.15) is 4.31 Å². The average Bonchev–Trinajstić information content (AvgIpc) is 3.75. The van der Waals surface area contributed by atoms with E-state index in [-0.39, 0.29) is 42.9 Å². The molecule has 2 aromatic heterocycles. The van der Waals surface area contributed by atoms with Crippen molar-refractivity contribution < 1.29 is 41.7 Å². The highest BCUT2D eigenvalue weighted by atomic mass is 32.2. The minimum atomic E-state index is -3.93. The van der Waals surface area contributed by atoms with E-state index in [2.05, 4.69) is 10.3 Å². The highest BCUT2D eigenvalue weighted by molar-refractivity contribution is 7.89. The van der Waals surface area contributed by atoms with Gasteiger partial charge in [0.2, 0.25) is 16.3 Å². The molecule has 2 atom stereocenters. The summed E-state index contributed by atoms with van der Waals surface area (Å²) in [5.41, 5.74) is 3.62. The van der Waals surface area contributed by atoms with E-state index in [1.807, 2.05) is 48.7 Å². The van der Waals surface area contributed by atoms with Gasteiger partial charge in [0.15, 0.2) is 5.76 Å². The summed E-state index contributed by atoms with van der Waals surface area (Å²) in [6.45, 7) is -0.228. The van der Waals surface area contributed by atoms with E-state index >= 15 is 0 Å². The van der Waals surface area contributed by atoms with Crippen molar-refractivity contribution in [2.45, 2.75) is 29.9 Å². The van der Waals surface area contributed by atoms with Crippen molar-refractivity contribution in [3.05, 3.63) is 102 Å². The van der Waals surface area contributed by atoms with E-state index in [9.17, 15) is 18.3 Å². The molecule has 0 bridgehead atoms. The Morgan fingerprint density at radius 1 is 1.02 bits per heavy atom. The van der Waals surface area contributed by atoms with Crippen LogP contribution in [0.15, 0.2) is 100 Å². The summed E-state index contributed by atoms with van der Waals surface area (Å²) < 4.78 is 56.4. The lowest BCUT2D eigenvalue weighted by Gasteiger charge is -2.30. The second kappa shape index (κ2) is 15.2. The molecule has 5 aromatic rings. The Morgan fingerprint density at radius 3 is 2.57 bits per heavy atom. The fourth-order valence-corrected chi connectivity index (χ4v) is 7.37. The molecule has 0 radical (unpaired) electrons. The summed E-state index contributed by atoms with van der Waals surface area (Å²) in [7, 11) is -0.811. The summed E-state index contributed by atoms with van der Waals surface area (Å²) in [6.07, 6.45) is 5.46. The van der Waals surface area contributed by atoms with Gasteiger partial charge in [-0.3, -0.25) is 4.79 Å². The first-order valence-corrected chi connectivity index (χ1v) is 17.4. The van der Waals surface area contributed by atoms with Crippen LogP contribution in [0.5, 0.6) is 11.5 Å². The number of sulfonamides is 1. The number of furan rings is 1. The van der Waals surface area contributed by atoms with Crippen molar-refractivity contribution in [3.63, 3.8) is 0 Å². The number of fused-ring (bicyclic) bond motifs is 2. The summed E-state index contributed by atoms with van der Waals surface area (Å²) >= 11 is 0. The van der Waals surface area contributed by atoms with Crippen LogP contribution in [-0.2, 0) is 30.7 Å². The second-order valence-electron chi connectivity index (χ2n) is 11.5. The zero-order valence-electron chi connectivity index (χ0n) is 27.3. The molecule has 6 rings (SSSR count). The summed E-state index contributed by atoms with van der Waals surface area (Å²) in [6, 6.07) is 19.5. The summed E-state index contributed by atoms with van der Waals surface area (Å²) in [4.78, 5) is 16.8. The maximum absolute atomic E-state index is 13.5. The Morgan fingerprint density at radius 2 is 1.80 bits per heavy atom. The number of rotatable bonds is 15. The van der Waals surface area contributed by atoms with Crippen LogP contribution in [0.25, 0.3) is 21.9 Å². The zero-order valence-corrected chi connectivity index (χ0v) is 28.1. The van der Waals surface area contributed by atoms with Crippen molar-refractivity contribution >= 4 is 37.8 Å². The molecule has 1 aliphatic heterocycles. The standard InChI is InChI=1S/C36H39N3O9S/c1-44-26-7-10-28(11-8-26)49(42,43)39(15-17-40)16-18-46-35-20-25(31-23-47-33-6-4-3-5-29(31)33)19-34(48-35)36(41)37-14-13-24-22-38-32-12-9-27(45-2)21-30(24)32/h3-12,19,21-23,25,35,38,40H,13-18,20H2,1-2H3,(H,37,41)/t25-,35+/m0/s1. The molecule has 0 saturated heterocycles. The molecular formula is C36H39N3O9S. The van der Waals surface area contributed by atoms with Gasteiger partial charge in [-0.15, -0.1) is 0 Å². The SMILES string of the molecule is COc1ccc(S(=O)(=O)N(CCO)CCO[C@H]2C[C@@H](c3coc4ccccc34)C=C(C(=O)NCCc3c[nH]c4ccc(OC)cc34)O2)cc1. The van der Waals surface area contributed by atoms with Gasteiger partial charge in [-0.1, -0.05) is 18.2 Å². The van der Waals surface area contributed by atoms with E-state index in [1.165, 1.54) is 19.2 Å². The summed E-state index contributed by atoms with van der Waals surface area (Å²) in [5.74, 6) is 0.704. The molecular weight excluding hydrogens is 650 g/mol. The number of aliphatic hydroxyl groups excluding tert-OH is 1. The third-order valence-electron chi connectivity index (χ3n) is 8.54. The van der Waals surface area contributed by atoms with Crippen molar-refractivity contribution in [1.29, 1.82) is 0 Å². The molecule has 3 aromatic carbocycles. The van der Waals surface area contributed by atoms with Gasteiger partial charge in [0.1, 0.15) is 17.1 Å². The van der Waals surface area contributed by atoms with Crippen LogP contribution in [0.3, 0.4) is 0 Å². The molecule has 1 amide bonds. The molecule has 12 nitrogen and oxygen atoms in total. The third-order valence-corrected chi connectivity index (χ3v) is 10.4. The molecule has 49 heavy (non-hydrogen) atoms. The molecule has 0 aliphatic carbocycles.